The molecule has 1 saturated heterocycles. The van der Waals surface area contributed by atoms with Crippen LogP contribution in [0.1, 0.15) is 38.6 Å². The van der Waals surface area contributed by atoms with E-state index in [1.807, 2.05) is 25.1 Å². The molecule has 1 fully saturated rings. The van der Waals surface area contributed by atoms with E-state index < -0.39 is 30.0 Å². The van der Waals surface area contributed by atoms with Gasteiger partial charge in [-0.15, -0.1) is 0 Å². The van der Waals surface area contributed by atoms with Gasteiger partial charge in [-0.1, -0.05) is 6.07 Å². The average Bonchev–Trinajstić information content (AvgIpc) is 2.79. The van der Waals surface area contributed by atoms with Crippen molar-refractivity contribution < 1.29 is 19.0 Å². The van der Waals surface area contributed by atoms with Crippen LogP contribution in [0.2, 0.25) is 0 Å². The second-order valence-corrected chi connectivity index (χ2v) is 7.07. The first-order valence-electron chi connectivity index (χ1n) is 7.90. The summed E-state index contributed by atoms with van der Waals surface area (Å²) in [7, 11) is 0. The Bertz CT molecular complexity index is 559. The van der Waals surface area contributed by atoms with Crippen LogP contribution in [-0.4, -0.2) is 51.5 Å². The van der Waals surface area contributed by atoms with Gasteiger partial charge in [0.05, 0.1) is 18.7 Å². The van der Waals surface area contributed by atoms with E-state index in [4.69, 9.17) is 4.74 Å². The number of amides is 1. The van der Waals surface area contributed by atoms with Gasteiger partial charge in [0, 0.05) is 24.2 Å². The lowest BCUT2D eigenvalue weighted by Crippen LogP contribution is -2.45. The second kappa shape index (κ2) is 6.83. The van der Waals surface area contributed by atoms with E-state index in [1.165, 1.54) is 4.90 Å². The number of hydrogen-bond acceptors (Lipinski definition) is 4. The van der Waals surface area contributed by atoms with E-state index in [1.54, 1.807) is 20.8 Å². The predicted molar refractivity (Wildman–Crippen MR) is 84.9 cm³/mol. The Balaban J connectivity index is 2.07. The molecule has 6 heteroatoms. The van der Waals surface area contributed by atoms with Crippen molar-refractivity contribution in [1.29, 1.82) is 0 Å². The summed E-state index contributed by atoms with van der Waals surface area (Å²) >= 11 is 0. The van der Waals surface area contributed by atoms with E-state index in [0.29, 0.717) is 0 Å². The highest BCUT2D eigenvalue weighted by atomic mass is 19.1. The van der Waals surface area contributed by atoms with Crippen molar-refractivity contribution in [2.45, 2.75) is 64.5 Å². The zero-order valence-corrected chi connectivity index (χ0v) is 14.1. The van der Waals surface area contributed by atoms with E-state index in [-0.39, 0.29) is 19.4 Å². The summed E-state index contributed by atoms with van der Waals surface area (Å²) in [4.78, 5) is 17.9. The summed E-state index contributed by atoms with van der Waals surface area (Å²) in [6.07, 6.45) is -2.21. The smallest absolute Gasteiger partial charge is 0.410 e. The number of hydrogen-bond donors (Lipinski definition) is 1. The quantitative estimate of drug-likeness (QED) is 0.928. The van der Waals surface area contributed by atoms with Gasteiger partial charge in [0.1, 0.15) is 11.8 Å². The minimum absolute atomic E-state index is 0.0438. The molecule has 1 aromatic heterocycles. The normalized spacial score (nSPS) is 23.0. The molecule has 1 aliphatic heterocycles. The van der Waals surface area contributed by atoms with Crippen molar-refractivity contribution in [2.24, 2.45) is 0 Å². The fraction of sp³-hybridized carbons (Fsp3) is 0.647. The molecule has 1 N–H and O–H groups in total. The summed E-state index contributed by atoms with van der Waals surface area (Å²) in [6.45, 7) is 7.11. The summed E-state index contributed by atoms with van der Waals surface area (Å²) < 4.78 is 19.1. The van der Waals surface area contributed by atoms with Crippen molar-refractivity contribution in [1.82, 2.24) is 9.88 Å². The molecule has 0 radical (unpaired) electrons. The maximum Gasteiger partial charge on any atom is 0.410 e. The van der Waals surface area contributed by atoms with E-state index in [0.717, 1.165) is 11.4 Å². The number of pyridine rings is 1. The first-order chi connectivity index (χ1) is 10.7. The number of aliphatic hydroxyl groups excluding tert-OH is 1. The van der Waals surface area contributed by atoms with Crippen LogP contribution in [0.4, 0.5) is 9.18 Å². The van der Waals surface area contributed by atoms with E-state index >= 15 is 0 Å². The first-order valence-corrected chi connectivity index (χ1v) is 7.90. The summed E-state index contributed by atoms with van der Waals surface area (Å²) in [5.41, 5.74) is 0.927. The van der Waals surface area contributed by atoms with Crippen LogP contribution in [0.3, 0.4) is 0 Å². The molecule has 2 rings (SSSR count). The summed E-state index contributed by atoms with van der Waals surface area (Å²) in [5, 5.41) is 10.5. The van der Waals surface area contributed by atoms with Crippen LogP contribution in [0, 0.1) is 6.92 Å². The highest BCUT2D eigenvalue weighted by Crippen LogP contribution is 2.26. The van der Waals surface area contributed by atoms with Gasteiger partial charge in [0.25, 0.3) is 0 Å². The van der Waals surface area contributed by atoms with Crippen LogP contribution in [0.5, 0.6) is 0 Å². The van der Waals surface area contributed by atoms with Crippen LogP contribution < -0.4 is 0 Å². The number of ether oxygens (including phenoxy) is 1. The molecule has 1 unspecified atom stereocenters. The first kappa shape index (κ1) is 17.7. The van der Waals surface area contributed by atoms with E-state index in [9.17, 15) is 14.3 Å². The third kappa shape index (κ3) is 4.89. The molecule has 128 valence electrons. The molecule has 0 saturated carbocycles. The monoisotopic (exact) mass is 324 g/mol. The fourth-order valence-corrected chi connectivity index (χ4v) is 2.77. The molecule has 1 aromatic rings. The molecule has 0 aliphatic carbocycles. The molecule has 0 spiro atoms. The minimum Gasteiger partial charge on any atom is -0.444 e. The number of nitrogens with zero attached hydrogens (tertiary/aromatic N) is 2. The van der Waals surface area contributed by atoms with Crippen LogP contribution >= 0.6 is 0 Å². The Kier molecular flexibility index (Phi) is 5.24. The maximum atomic E-state index is 13.8. The van der Waals surface area contributed by atoms with Gasteiger partial charge in [-0.05, 0) is 39.8 Å². The zero-order chi connectivity index (χ0) is 17.2. The Morgan fingerprint density at radius 1 is 1.52 bits per heavy atom. The van der Waals surface area contributed by atoms with Gasteiger partial charge in [-0.3, -0.25) is 9.88 Å². The molecule has 0 aromatic carbocycles. The molecule has 23 heavy (non-hydrogen) atoms. The number of aryl methyl sites for hydroxylation is 1. The average molecular weight is 324 g/mol. The standard InChI is InChI=1S/C17H25FN2O3/c1-11-6-5-7-13(19-11)9-15(21)14-8-12(18)10-20(14)16(22)23-17(2,3)4/h5-7,12,14-15,21H,8-10H2,1-4H3/t12-,14+,15?/m1/s1. The summed E-state index contributed by atoms with van der Waals surface area (Å²) in [5.74, 6) is 0. The van der Waals surface area contributed by atoms with Gasteiger partial charge in [-0.2, -0.15) is 0 Å². The van der Waals surface area contributed by atoms with E-state index in [2.05, 4.69) is 4.98 Å². The molecule has 1 amide bonds. The molecule has 1 aliphatic rings. The molecule has 5 nitrogen and oxygen atoms in total. The largest absolute Gasteiger partial charge is 0.444 e. The van der Waals surface area contributed by atoms with Gasteiger partial charge in [-0.25, -0.2) is 9.18 Å². The van der Waals surface area contributed by atoms with Crippen molar-refractivity contribution >= 4 is 6.09 Å². The highest BCUT2D eigenvalue weighted by molar-refractivity contribution is 5.69. The Morgan fingerprint density at radius 2 is 2.22 bits per heavy atom. The number of alkyl halides is 1. The Labute approximate surface area is 136 Å². The Hall–Kier alpha value is -1.69. The lowest BCUT2D eigenvalue weighted by Gasteiger charge is -2.30. The summed E-state index contributed by atoms with van der Waals surface area (Å²) in [6, 6.07) is 4.95. The van der Waals surface area contributed by atoms with Crippen LogP contribution in [0.25, 0.3) is 0 Å². The third-order valence-electron chi connectivity index (χ3n) is 3.73. The SMILES string of the molecule is Cc1cccc(CC(O)[C@@H]2C[C@@H](F)CN2C(=O)OC(C)(C)C)n1. The lowest BCUT2D eigenvalue weighted by molar-refractivity contribution is 0.00497. The van der Waals surface area contributed by atoms with Gasteiger partial charge < -0.3 is 9.84 Å². The highest BCUT2D eigenvalue weighted by Gasteiger charge is 2.41. The number of halogens is 1. The van der Waals surface area contributed by atoms with Crippen molar-refractivity contribution in [3.63, 3.8) is 0 Å². The van der Waals surface area contributed by atoms with Gasteiger partial charge in [0.15, 0.2) is 0 Å². The topological polar surface area (TPSA) is 62.7 Å². The number of likely N-dealkylation sites (tertiary alicyclic amines) is 1. The molecular formula is C17H25FN2O3. The van der Waals surface area contributed by atoms with Gasteiger partial charge in [0.2, 0.25) is 0 Å². The molecule has 2 heterocycles. The Morgan fingerprint density at radius 3 is 2.83 bits per heavy atom. The fourth-order valence-electron chi connectivity index (χ4n) is 2.77. The predicted octanol–water partition coefficient (Wildman–Crippen LogP) is 2.64. The van der Waals surface area contributed by atoms with Crippen LogP contribution in [-0.2, 0) is 11.2 Å². The maximum absolute atomic E-state index is 13.8. The molecule has 0 bridgehead atoms. The number of carbonyl (C=O) groups is 1. The lowest BCUT2D eigenvalue weighted by atomic mass is 10.0. The number of carbonyl (C=O) groups excluding carboxylic acids is 1. The molecular weight excluding hydrogens is 299 g/mol. The minimum atomic E-state index is -1.15. The zero-order valence-electron chi connectivity index (χ0n) is 14.1. The van der Waals surface area contributed by atoms with Crippen LogP contribution in [0.15, 0.2) is 18.2 Å². The third-order valence-corrected chi connectivity index (χ3v) is 3.73. The number of aromatic nitrogens is 1. The number of rotatable bonds is 3. The van der Waals surface area contributed by atoms with Gasteiger partial charge >= 0.3 is 6.09 Å². The van der Waals surface area contributed by atoms with Crippen molar-refractivity contribution in [3.8, 4) is 0 Å². The number of aliphatic hydroxyl groups is 1. The van der Waals surface area contributed by atoms with Crippen molar-refractivity contribution in [3.05, 3.63) is 29.6 Å². The van der Waals surface area contributed by atoms with Crippen molar-refractivity contribution in [2.75, 3.05) is 6.54 Å². The second-order valence-electron chi connectivity index (χ2n) is 7.07. The molecule has 3 atom stereocenters.